The normalized spacial score (nSPS) is 16.5. The number of urea groups is 1. The van der Waals surface area contributed by atoms with Gasteiger partial charge in [0.1, 0.15) is 5.82 Å². The van der Waals surface area contributed by atoms with Crippen molar-refractivity contribution in [2.45, 2.75) is 45.1 Å². The maximum atomic E-state index is 13.5. The van der Waals surface area contributed by atoms with Gasteiger partial charge < -0.3 is 21.3 Å². The Morgan fingerprint density at radius 1 is 1.38 bits per heavy atom. The fourth-order valence-electron chi connectivity index (χ4n) is 3.04. The molecule has 4 N–H and O–H groups in total. The zero-order valence-electron chi connectivity index (χ0n) is 15.9. The third-order valence-corrected chi connectivity index (χ3v) is 4.73. The minimum Gasteiger partial charge on any atom is -0.357 e. The van der Waals surface area contributed by atoms with E-state index in [2.05, 4.69) is 24.5 Å². The molecule has 0 bridgehead atoms. The van der Waals surface area contributed by atoms with Crippen LogP contribution < -0.4 is 16.4 Å². The lowest BCUT2D eigenvalue weighted by Crippen LogP contribution is -2.51. The molecule has 26 heavy (non-hydrogen) atoms. The van der Waals surface area contributed by atoms with E-state index in [1.807, 2.05) is 13.0 Å². The summed E-state index contributed by atoms with van der Waals surface area (Å²) in [7, 11) is 0. The van der Waals surface area contributed by atoms with Crippen LogP contribution in [0.2, 0.25) is 0 Å². The van der Waals surface area contributed by atoms with Crippen molar-refractivity contribution in [2.75, 3.05) is 26.2 Å². The summed E-state index contributed by atoms with van der Waals surface area (Å²) >= 11 is 0. The highest BCUT2D eigenvalue weighted by Gasteiger charge is 2.23. The van der Waals surface area contributed by atoms with Crippen LogP contribution in [-0.4, -0.2) is 49.1 Å². The van der Waals surface area contributed by atoms with Gasteiger partial charge in [-0.3, -0.25) is 4.99 Å². The number of hydrogen-bond donors (Lipinski definition) is 3. The number of nitrogens with one attached hydrogen (secondary N) is 2. The highest BCUT2D eigenvalue weighted by molar-refractivity contribution is 5.80. The zero-order valence-corrected chi connectivity index (χ0v) is 15.9. The third kappa shape index (κ3) is 5.61. The first-order valence-corrected chi connectivity index (χ1v) is 9.17. The van der Waals surface area contributed by atoms with Crippen molar-refractivity contribution in [1.29, 1.82) is 0 Å². The van der Waals surface area contributed by atoms with Crippen LogP contribution >= 0.6 is 0 Å². The van der Waals surface area contributed by atoms with Crippen molar-refractivity contribution in [1.82, 2.24) is 15.5 Å². The number of piperidine rings is 1. The quantitative estimate of drug-likeness (QED) is 0.554. The van der Waals surface area contributed by atoms with Gasteiger partial charge in [0.05, 0.1) is 6.54 Å². The number of rotatable bonds is 5. The van der Waals surface area contributed by atoms with Crippen molar-refractivity contribution in [3.05, 3.63) is 35.6 Å². The number of aliphatic imine (C=N–C) groups is 1. The van der Waals surface area contributed by atoms with Crippen LogP contribution in [0.5, 0.6) is 0 Å². The number of carbonyl (C=O) groups excluding carboxylic acids is 1. The lowest BCUT2D eigenvalue weighted by atomic mass is 9.85. The molecule has 1 aliphatic heterocycles. The van der Waals surface area contributed by atoms with E-state index >= 15 is 0 Å². The smallest absolute Gasteiger partial charge is 0.314 e. The van der Waals surface area contributed by atoms with Crippen LogP contribution in [0.1, 0.15) is 39.2 Å². The van der Waals surface area contributed by atoms with Gasteiger partial charge in [-0.15, -0.1) is 0 Å². The first-order valence-electron chi connectivity index (χ1n) is 9.17. The lowest BCUT2D eigenvalue weighted by Gasteiger charge is -2.32. The summed E-state index contributed by atoms with van der Waals surface area (Å²) in [4.78, 5) is 17.6. The Kier molecular flexibility index (Phi) is 6.83. The monoisotopic (exact) mass is 363 g/mol. The van der Waals surface area contributed by atoms with Crippen LogP contribution in [-0.2, 0) is 5.41 Å². The number of nitrogens with zero attached hydrogens (tertiary/aromatic N) is 2. The molecule has 1 aromatic carbocycles. The van der Waals surface area contributed by atoms with E-state index in [4.69, 9.17) is 10.7 Å². The summed E-state index contributed by atoms with van der Waals surface area (Å²) in [6.45, 7) is 8.73. The Morgan fingerprint density at radius 2 is 2.08 bits per heavy atom. The van der Waals surface area contributed by atoms with Gasteiger partial charge in [-0.25, -0.2) is 9.18 Å². The van der Waals surface area contributed by atoms with Gasteiger partial charge in [0.2, 0.25) is 0 Å². The highest BCUT2D eigenvalue weighted by Crippen LogP contribution is 2.24. The number of likely N-dealkylation sites (tertiary alicyclic amines) is 1. The average molecular weight is 363 g/mol. The Labute approximate surface area is 155 Å². The SMILES string of the molecule is CCNC(=NCC(C)(C)c1cccc(F)c1)NC1CCN(C(N)=O)CC1. The van der Waals surface area contributed by atoms with Gasteiger partial charge in [-0.05, 0) is 37.5 Å². The predicted molar refractivity (Wildman–Crippen MR) is 103 cm³/mol. The fourth-order valence-corrected chi connectivity index (χ4v) is 3.04. The van der Waals surface area contributed by atoms with Crippen LogP contribution in [0.3, 0.4) is 0 Å². The molecule has 2 amide bonds. The molecule has 1 heterocycles. The number of nitrogens with two attached hydrogens (primary N) is 1. The third-order valence-electron chi connectivity index (χ3n) is 4.73. The molecule has 2 rings (SSSR count). The van der Waals surface area contributed by atoms with Crippen molar-refractivity contribution in [3.8, 4) is 0 Å². The van der Waals surface area contributed by atoms with E-state index in [1.54, 1.807) is 17.0 Å². The first kappa shape index (κ1) is 20.0. The standard InChI is InChI=1S/C19H30FN5O/c1-4-22-18(24-16-8-10-25(11-9-16)17(21)26)23-13-19(2,3)14-6-5-7-15(20)12-14/h5-7,12,16H,4,8-11,13H2,1-3H3,(H2,21,26)(H2,22,23,24). The average Bonchev–Trinajstić information content (AvgIpc) is 2.60. The number of hydrogen-bond acceptors (Lipinski definition) is 2. The van der Waals surface area contributed by atoms with Crippen molar-refractivity contribution in [2.24, 2.45) is 10.7 Å². The van der Waals surface area contributed by atoms with E-state index in [9.17, 15) is 9.18 Å². The second-order valence-electron chi connectivity index (χ2n) is 7.33. The van der Waals surface area contributed by atoms with Gasteiger partial charge >= 0.3 is 6.03 Å². The van der Waals surface area contributed by atoms with E-state index < -0.39 is 0 Å². The van der Waals surface area contributed by atoms with Crippen molar-refractivity contribution >= 4 is 12.0 Å². The second kappa shape index (κ2) is 8.87. The number of amides is 2. The molecule has 1 saturated heterocycles. The Morgan fingerprint density at radius 3 is 2.65 bits per heavy atom. The molecular formula is C19H30FN5O. The van der Waals surface area contributed by atoms with Gasteiger partial charge in [-0.2, -0.15) is 0 Å². The molecule has 6 nitrogen and oxygen atoms in total. The van der Waals surface area contributed by atoms with E-state index in [1.165, 1.54) is 6.07 Å². The topological polar surface area (TPSA) is 82.8 Å². The number of carbonyl (C=O) groups is 1. The molecule has 0 aromatic heterocycles. The van der Waals surface area contributed by atoms with Gasteiger partial charge in [0, 0.05) is 31.1 Å². The number of benzene rings is 1. The molecule has 1 aromatic rings. The second-order valence-corrected chi connectivity index (χ2v) is 7.33. The summed E-state index contributed by atoms with van der Waals surface area (Å²) in [5, 5.41) is 6.70. The molecule has 1 fully saturated rings. The summed E-state index contributed by atoms with van der Waals surface area (Å²) < 4.78 is 13.5. The summed E-state index contributed by atoms with van der Waals surface area (Å²) in [6.07, 6.45) is 1.67. The lowest BCUT2D eigenvalue weighted by molar-refractivity contribution is 0.188. The predicted octanol–water partition coefficient (Wildman–Crippen LogP) is 2.20. The van der Waals surface area contributed by atoms with Crippen molar-refractivity contribution in [3.63, 3.8) is 0 Å². The molecule has 7 heteroatoms. The summed E-state index contributed by atoms with van der Waals surface area (Å²) in [5.41, 5.74) is 5.97. The number of primary amides is 1. The number of guanidine groups is 1. The minimum absolute atomic E-state index is 0.231. The zero-order chi connectivity index (χ0) is 19.2. The molecule has 144 valence electrons. The van der Waals surface area contributed by atoms with Crippen LogP contribution in [0, 0.1) is 5.82 Å². The molecule has 0 radical (unpaired) electrons. The summed E-state index contributed by atoms with van der Waals surface area (Å²) in [5.74, 6) is 0.514. The maximum absolute atomic E-state index is 13.5. The fraction of sp³-hybridized carbons (Fsp3) is 0.579. The molecule has 0 unspecified atom stereocenters. The van der Waals surface area contributed by atoms with Crippen molar-refractivity contribution < 1.29 is 9.18 Å². The minimum atomic E-state index is -0.360. The summed E-state index contributed by atoms with van der Waals surface area (Å²) in [6, 6.07) is 6.56. The molecule has 0 saturated carbocycles. The highest BCUT2D eigenvalue weighted by atomic mass is 19.1. The molecule has 0 atom stereocenters. The molecular weight excluding hydrogens is 333 g/mol. The Balaban J connectivity index is 1.99. The van der Waals surface area contributed by atoms with Crippen LogP contribution in [0.15, 0.2) is 29.3 Å². The maximum Gasteiger partial charge on any atom is 0.314 e. The van der Waals surface area contributed by atoms with Crippen LogP contribution in [0.25, 0.3) is 0 Å². The van der Waals surface area contributed by atoms with Gasteiger partial charge in [-0.1, -0.05) is 26.0 Å². The molecule has 1 aliphatic rings. The molecule has 0 aliphatic carbocycles. The van der Waals surface area contributed by atoms with E-state index in [0.29, 0.717) is 19.6 Å². The molecule has 0 spiro atoms. The van der Waals surface area contributed by atoms with E-state index in [0.717, 1.165) is 30.9 Å². The Hall–Kier alpha value is -2.31. The van der Waals surface area contributed by atoms with Crippen LogP contribution in [0.4, 0.5) is 9.18 Å². The first-order chi connectivity index (χ1) is 12.3. The Bertz CT molecular complexity index is 639. The number of halogens is 1. The van der Waals surface area contributed by atoms with Gasteiger partial charge in [0.15, 0.2) is 5.96 Å². The van der Waals surface area contributed by atoms with E-state index in [-0.39, 0.29) is 23.3 Å². The largest absolute Gasteiger partial charge is 0.357 e. The van der Waals surface area contributed by atoms with Gasteiger partial charge in [0.25, 0.3) is 0 Å².